The molecule has 2 aromatic heterocycles. The van der Waals surface area contributed by atoms with Crippen molar-refractivity contribution in [3.05, 3.63) is 59.4 Å². The highest BCUT2D eigenvalue weighted by atomic mass is 32.1. The van der Waals surface area contributed by atoms with Crippen LogP contribution in [0.2, 0.25) is 0 Å². The minimum absolute atomic E-state index is 0.0257. The van der Waals surface area contributed by atoms with Crippen molar-refractivity contribution >= 4 is 52.6 Å². The van der Waals surface area contributed by atoms with Crippen LogP contribution >= 0.6 is 19.2 Å². The molecule has 46 heavy (non-hydrogen) atoms. The van der Waals surface area contributed by atoms with E-state index in [2.05, 4.69) is 39.9 Å². The number of amides is 1. The van der Waals surface area contributed by atoms with E-state index in [0.717, 1.165) is 32.2 Å². The summed E-state index contributed by atoms with van der Waals surface area (Å²) < 4.78 is 54.4. The normalized spacial score (nSPS) is 14.4. The van der Waals surface area contributed by atoms with Gasteiger partial charge in [-0.15, -0.1) is 11.3 Å². The molecule has 0 spiro atoms. The predicted molar refractivity (Wildman–Crippen MR) is 167 cm³/mol. The molecule has 2 aromatic carbocycles. The molecule has 3 heterocycles. The minimum Gasteiger partial charge on any atom is -0.493 e. The zero-order valence-corrected chi connectivity index (χ0v) is 26.4. The molecule has 18 heteroatoms. The first-order valence-electron chi connectivity index (χ1n) is 14.1. The first kappa shape index (κ1) is 33.5. The molecular weight excluding hydrogens is 647 g/mol. The number of benzene rings is 2. The Hall–Kier alpha value is -3.83. The SMILES string of the molecule is COc1cc2c(Nc3ncc(CC(=O)Nc4cccc(F)c4F)s3)ncnc2cc1OCCN1CCN(CCOP(=O)(O)O)CC1. The summed E-state index contributed by atoms with van der Waals surface area (Å²) in [5.41, 5.74) is 0.370. The Kier molecular flexibility index (Phi) is 11.1. The zero-order chi connectivity index (χ0) is 32.7. The number of rotatable bonds is 14. The standard InChI is InChI=1S/C28H32F2N7O7PS/c1-42-23-14-19-22(15-24(23)43-11-9-36-5-7-37(8-6-36)10-12-44-45(39,40)41)32-17-33-27(19)35-28-31-16-18(46-28)13-25(38)34-21-4-2-3-20(29)26(21)30/h2-4,14-17H,5-13H2,1H3,(H,34,38)(H2,39,40,41)(H,31,32,33,35). The maximum atomic E-state index is 13.9. The topological polar surface area (TPSA) is 171 Å². The van der Waals surface area contributed by atoms with Gasteiger partial charge in [0.25, 0.3) is 0 Å². The van der Waals surface area contributed by atoms with Crippen LogP contribution in [0.1, 0.15) is 4.88 Å². The van der Waals surface area contributed by atoms with Crippen molar-refractivity contribution in [1.29, 1.82) is 0 Å². The van der Waals surface area contributed by atoms with Crippen molar-refractivity contribution in [2.45, 2.75) is 6.42 Å². The molecule has 4 aromatic rings. The molecule has 0 radical (unpaired) electrons. The fraction of sp³-hybridized carbons (Fsp3) is 0.357. The Bertz CT molecular complexity index is 1720. The highest BCUT2D eigenvalue weighted by Crippen LogP contribution is 2.36. The van der Waals surface area contributed by atoms with E-state index in [4.69, 9.17) is 19.3 Å². The molecule has 246 valence electrons. The Balaban J connectivity index is 1.15. The molecule has 4 N–H and O–H groups in total. The summed E-state index contributed by atoms with van der Waals surface area (Å²) in [5, 5.41) is 6.64. The first-order valence-corrected chi connectivity index (χ1v) is 16.5. The number of anilines is 3. The number of carbonyl (C=O) groups is 1. The Morgan fingerprint density at radius 1 is 1.04 bits per heavy atom. The number of nitrogens with one attached hydrogen (secondary N) is 2. The number of hydrogen-bond donors (Lipinski definition) is 4. The highest BCUT2D eigenvalue weighted by Gasteiger charge is 2.20. The van der Waals surface area contributed by atoms with Crippen LogP contribution in [-0.4, -0.2) is 100 Å². The first-order chi connectivity index (χ1) is 22.1. The van der Waals surface area contributed by atoms with Gasteiger partial charge in [0, 0.05) is 61.8 Å². The third-order valence-electron chi connectivity index (χ3n) is 7.06. The molecule has 1 aliphatic heterocycles. The van der Waals surface area contributed by atoms with E-state index in [0.29, 0.717) is 57.9 Å². The van der Waals surface area contributed by atoms with Gasteiger partial charge in [-0.25, -0.2) is 28.3 Å². The molecule has 0 atom stereocenters. The molecule has 5 rings (SSSR count). The van der Waals surface area contributed by atoms with Crippen LogP contribution in [0.4, 0.5) is 25.4 Å². The summed E-state index contributed by atoms with van der Waals surface area (Å²) in [6, 6.07) is 7.10. The van der Waals surface area contributed by atoms with Crippen molar-refractivity contribution in [3.8, 4) is 11.5 Å². The lowest BCUT2D eigenvalue weighted by Gasteiger charge is -2.34. The monoisotopic (exact) mass is 679 g/mol. The third kappa shape index (κ3) is 9.13. The van der Waals surface area contributed by atoms with Gasteiger partial charge in [0.1, 0.15) is 18.8 Å². The van der Waals surface area contributed by atoms with Crippen LogP contribution in [0.3, 0.4) is 0 Å². The number of hydrogen-bond acceptors (Lipinski definition) is 12. The molecule has 0 unspecified atom stereocenters. The number of methoxy groups -OCH3 is 1. The van der Waals surface area contributed by atoms with Gasteiger partial charge in [0.15, 0.2) is 28.3 Å². The zero-order valence-electron chi connectivity index (χ0n) is 24.7. The second-order valence-electron chi connectivity index (χ2n) is 10.2. The van der Waals surface area contributed by atoms with E-state index in [9.17, 15) is 18.1 Å². The van der Waals surface area contributed by atoms with Gasteiger partial charge in [0.2, 0.25) is 5.91 Å². The number of ether oxygens (including phenoxy) is 2. The van der Waals surface area contributed by atoms with Crippen LogP contribution in [0.15, 0.2) is 42.9 Å². The number of piperazine rings is 1. The highest BCUT2D eigenvalue weighted by molar-refractivity contribution is 7.46. The lowest BCUT2D eigenvalue weighted by atomic mass is 10.2. The van der Waals surface area contributed by atoms with E-state index >= 15 is 0 Å². The fourth-order valence-corrected chi connectivity index (χ4v) is 5.88. The van der Waals surface area contributed by atoms with E-state index < -0.39 is 25.4 Å². The van der Waals surface area contributed by atoms with Gasteiger partial charge >= 0.3 is 7.82 Å². The average Bonchev–Trinajstić information content (AvgIpc) is 3.45. The van der Waals surface area contributed by atoms with Gasteiger partial charge in [-0.05, 0) is 18.2 Å². The van der Waals surface area contributed by atoms with Crippen molar-refractivity contribution < 1.29 is 41.9 Å². The molecular formula is C28H32F2N7O7PS. The van der Waals surface area contributed by atoms with E-state index in [-0.39, 0.29) is 18.7 Å². The van der Waals surface area contributed by atoms with Crippen LogP contribution in [0.5, 0.6) is 11.5 Å². The fourth-order valence-electron chi connectivity index (χ4n) is 4.75. The number of carbonyl (C=O) groups excluding carboxylic acids is 1. The van der Waals surface area contributed by atoms with E-state index in [1.807, 2.05) is 0 Å². The van der Waals surface area contributed by atoms with Crippen LogP contribution < -0.4 is 20.1 Å². The van der Waals surface area contributed by atoms with Crippen LogP contribution in [0, 0.1) is 11.6 Å². The number of phosphoric acid groups is 1. The number of aromatic nitrogens is 3. The van der Waals surface area contributed by atoms with Crippen molar-refractivity contribution in [3.63, 3.8) is 0 Å². The average molecular weight is 680 g/mol. The van der Waals surface area contributed by atoms with Gasteiger partial charge in [-0.3, -0.25) is 19.1 Å². The molecule has 0 aliphatic carbocycles. The number of thiazole rings is 1. The second-order valence-corrected chi connectivity index (χ2v) is 12.5. The molecule has 14 nitrogen and oxygen atoms in total. The molecule has 1 amide bonds. The maximum Gasteiger partial charge on any atom is 0.469 e. The van der Waals surface area contributed by atoms with Crippen LogP contribution in [-0.2, 0) is 20.3 Å². The molecule has 1 fully saturated rings. The molecule has 1 aliphatic rings. The van der Waals surface area contributed by atoms with Gasteiger partial charge in [0.05, 0.1) is 31.3 Å². The van der Waals surface area contributed by atoms with Crippen molar-refractivity contribution in [2.75, 3.05) is 70.2 Å². The summed E-state index contributed by atoms with van der Waals surface area (Å²) in [4.78, 5) is 48.0. The summed E-state index contributed by atoms with van der Waals surface area (Å²) in [5.74, 6) is -1.21. The Morgan fingerprint density at radius 2 is 1.78 bits per heavy atom. The van der Waals surface area contributed by atoms with Gasteiger partial charge in [-0.1, -0.05) is 6.07 Å². The molecule has 0 bridgehead atoms. The van der Waals surface area contributed by atoms with Crippen LogP contribution in [0.25, 0.3) is 10.9 Å². The Labute approximate surface area is 266 Å². The molecule has 0 saturated carbocycles. The van der Waals surface area contributed by atoms with Gasteiger partial charge < -0.3 is 29.9 Å². The van der Waals surface area contributed by atoms with Crippen molar-refractivity contribution in [2.24, 2.45) is 0 Å². The van der Waals surface area contributed by atoms with E-state index in [1.165, 1.54) is 43.1 Å². The minimum atomic E-state index is -4.45. The van der Waals surface area contributed by atoms with Crippen molar-refractivity contribution in [1.82, 2.24) is 24.8 Å². The quantitative estimate of drug-likeness (QED) is 0.143. The van der Waals surface area contributed by atoms with Gasteiger partial charge in [-0.2, -0.15) is 0 Å². The predicted octanol–water partition coefficient (Wildman–Crippen LogP) is 3.40. The lowest BCUT2D eigenvalue weighted by Crippen LogP contribution is -2.48. The third-order valence-corrected chi connectivity index (χ3v) is 8.49. The summed E-state index contributed by atoms with van der Waals surface area (Å²) in [7, 11) is -2.92. The number of fused-ring (bicyclic) bond motifs is 1. The second kappa shape index (κ2) is 15.2. The number of nitrogens with zero attached hydrogens (tertiary/aromatic N) is 5. The summed E-state index contributed by atoms with van der Waals surface area (Å²) in [6.45, 7) is 4.56. The van der Waals surface area contributed by atoms with E-state index in [1.54, 1.807) is 12.1 Å². The number of phosphoric ester groups is 1. The number of halogens is 2. The maximum absolute atomic E-state index is 13.9. The summed E-state index contributed by atoms with van der Waals surface area (Å²) >= 11 is 1.21. The molecule has 1 saturated heterocycles. The smallest absolute Gasteiger partial charge is 0.469 e. The lowest BCUT2D eigenvalue weighted by molar-refractivity contribution is -0.115. The Morgan fingerprint density at radius 3 is 2.50 bits per heavy atom. The summed E-state index contributed by atoms with van der Waals surface area (Å²) in [6.07, 6.45) is 2.84. The largest absolute Gasteiger partial charge is 0.493 e.